The first-order valence-electron chi connectivity index (χ1n) is 9.37. The van der Waals surface area contributed by atoms with Crippen LogP contribution in [0.1, 0.15) is 85.5 Å². The van der Waals surface area contributed by atoms with E-state index in [0.29, 0.717) is 10.8 Å². The molecule has 0 amide bonds. The highest BCUT2D eigenvalue weighted by molar-refractivity contribution is 5.12. The third kappa shape index (κ3) is 1.60. The maximum atomic E-state index is 2.72. The molecule has 4 fully saturated rings. The van der Waals surface area contributed by atoms with Gasteiger partial charge in [0.05, 0.1) is 0 Å². The van der Waals surface area contributed by atoms with E-state index < -0.39 is 0 Å². The summed E-state index contributed by atoms with van der Waals surface area (Å²) in [4.78, 5) is 0. The van der Waals surface area contributed by atoms with Gasteiger partial charge in [-0.15, -0.1) is 0 Å². The van der Waals surface area contributed by atoms with Crippen LogP contribution >= 0.6 is 0 Å². The predicted molar refractivity (Wildman–Crippen MR) is 85.5 cm³/mol. The van der Waals surface area contributed by atoms with Crippen LogP contribution < -0.4 is 0 Å². The van der Waals surface area contributed by atoms with Crippen LogP contribution in [0.15, 0.2) is 0 Å². The van der Waals surface area contributed by atoms with Crippen molar-refractivity contribution in [3.05, 3.63) is 0 Å². The minimum atomic E-state index is 0.607. The first kappa shape index (κ1) is 13.6. The molecular formula is C20H34. The van der Waals surface area contributed by atoms with E-state index in [1.54, 1.807) is 38.5 Å². The smallest absolute Gasteiger partial charge is 0.0258 e. The molecule has 0 aliphatic heterocycles. The Morgan fingerprint density at radius 3 is 2.40 bits per heavy atom. The molecule has 0 heterocycles. The lowest BCUT2D eigenvalue weighted by Crippen LogP contribution is -2.55. The molecule has 1 spiro atoms. The third-order valence-corrected chi connectivity index (χ3v) is 8.77. The van der Waals surface area contributed by atoms with Crippen LogP contribution in [-0.4, -0.2) is 0 Å². The Morgan fingerprint density at radius 2 is 1.60 bits per heavy atom. The molecule has 0 saturated heterocycles. The summed E-state index contributed by atoms with van der Waals surface area (Å²) < 4.78 is 0. The van der Waals surface area contributed by atoms with Crippen LogP contribution in [0, 0.1) is 39.9 Å². The molecule has 0 N–H and O–H groups in total. The molecule has 4 aliphatic rings. The summed E-state index contributed by atoms with van der Waals surface area (Å²) in [5.41, 5.74) is 2.06. The molecule has 4 aliphatic carbocycles. The van der Waals surface area contributed by atoms with Crippen molar-refractivity contribution in [1.82, 2.24) is 0 Å². The molecule has 4 rings (SSSR count). The van der Waals surface area contributed by atoms with Crippen molar-refractivity contribution in [3.8, 4) is 0 Å². The third-order valence-electron chi connectivity index (χ3n) is 8.77. The van der Waals surface area contributed by atoms with Crippen molar-refractivity contribution in [1.29, 1.82) is 0 Å². The Kier molecular flexibility index (Phi) is 2.76. The largest absolute Gasteiger partial charge is 0.0622 e. The molecule has 0 aromatic carbocycles. The van der Waals surface area contributed by atoms with E-state index in [1.165, 1.54) is 19.3 Å². The van der Waals surface area contributed by atoms with E-state index >= 15 is 0 Å². The lowest BCUT2D eigenvalue weighted by atomic mass is 9.41. The maximum absolute atomic E-state index is 2.72. The van der Waals surface area contributed by atoms with Gasteiger partial charge in [0, 0.05) is 0 Å². The minimum Gasteiger partial charge on any atom is -0.0622 e. The summed E-state index contributed by atoms with van der Waals surface area (Å²) in [5, 5.41) is 0. The number of hydrogen-bond acceptors (Lipinski definition) is 0. The van der Waals surface area contributed by atoms with Crippen LogP contribution in [-0.2, 0) is 0 Å². The van der Waals surface area contributed by atoms with E-state index in [9.17, 15) is 0 Å². The van der Waals surface area contributed by atoms with Gasteiger partial charge in [-0.25, -0.2) is 0 Å². The average Bonchev–Trinajstić information content (AvgIpc) is 2.58. The molecule has 114 valence electrons. The second-order valence-electron chi connectivity index (χ2n) is 10.1. The van der Waals surface area contributed by atoms with Crippen molar-refractivity contribution < 1.29 is 0 Å². The van der Waals surface area contributed by atoms with E-state index in [4.69, 9.17) is 0 Å². The van der Waals surface area contributed by atoms with Gasteiger partial charge in [0.2, 0.25) is 0 Å². The van der Waals surface area contributed by atoms with E-state index in [0.717, 1.165) is 29.1 Å². The van der Waals surface area contributed by atoms with Gasteiger partial charge in [0.25, 0.3) is 0 Å². The fourth-order valence-electron chi connectivity index (χ4n) is 8.12. The first-order valence-corrected chi connectivity index (χ1v) is 9.37. The highest BCUT2D eigenvalue weighted by Gasteiger charge is 2.63. The van der Waals surface area contributed by atoms with Gasteiger partial charge < -0.3 is 0 Å². The monoisotopic (exact) mass is 274 g/mol. The summed E-state index contributed by atoms with van der Waals surface area (Å²) in [5.74, 6) is 4.18. The average molecular weight is 274 g/mol. The molecule has 4 saturated carbocycles. The Labute approximate surface area is 126 Å². The lowest BCUT2D eigenvalue weighted by Gasteiger charge is -2.64. The van der Waals surface area contributed by atoms with Gasteiger partial charge in [-0.1, -0.05) is 34.1 Å². The van der Waals surface area contributed by atoms with Crippen LogP contribution in [0.2, 0.25) is 0 Å². The van der Waals surface area contributed by atoms with Gasteiger partial charge in [-0.2, -0.15) is 0 Å². The fourth-order valence-corrected chi connectivity index (χ4v) is 8.12. The quantitative estimate of drug-likeness (QED) is 0.504. The predicted octanol–water partition coefficient (Wildman–Crippen LogP) is 6.06. The fraction of sp³-hybridized carbons (Fsp3) is 1.00. The van der Waals surface area contributed by atoms with Gasteiger partial charge in [-0.3, -0.25) is 0 Å². The zero-order valence-electron chi connectivity index (χ0n) is 14.2. The Hall–Kier alpha value is 0. The maximum Gasteiger partial charge on any atom is -0.0258 e. The molecular weight excluding hydrogens is 240 g/mol. The first-order chi connectivity index (χ1) is 9.37. The minimum absolute atomic E-state index is 0.607. The van der Waals surface area contributed by atoms with Crippen molar-refractivity contribution in [2.24, 2.45) is 39.9 Å². The summed E-state index contributed by atoms with van der Waals surface area (Å²) in [7, 11) is 0. The number of fused-ring (bicyclic) bond motifs is 3. The summed E-state index contributed by atoms with van der Waals surface area (Å²) >= 11 is 0. The van der Waals surface area contributed by atoms with Gasteiger partial charge in [0.1, 0.15) is 0 Å². The van der Waals surface area contributed by atoms with Crippen molar-refractivity contribution in [3.63, 3.8) is 0 Å². The second kappa shape index (κ2) is 4.05. The molecule has 0 nitrogen and oxygen atoms in total. The van der Waals surface area contributed by atoms with E-state index in [2.05, 4.69) is 27.7 Å². The SMILES string of the molecule is C[C@H]1C[C@@]23CC[C@H]4C(C)(C)CCC[C@]4(C)[C@H]2CC[C@H]1C3. The van der Waals surface area contributed by atoms with Gasteiger partial charge in [0.15, 0.2) is 0 Å². The molecule has 0 aromatic rings. The lowest BCUT2D eigenvalue weighted by molar-refractivity contribution is -0.144. The highest BCUT2D eigenvalue weighted by Crippen LogP contribution is 2.72. The number of rotatable bonds is 0. The molecule has 0 radical (unpaired) electrons. The number of hydrogen-bond donors (Lipinski definition) is 0. The standard InChI is InChI=1S/C20H34/c1-14-12-20-11-8-16-18(2,3)9-5-10-19(16,4)17(20)7-6-15(14)13-20/h14-17H,5-13H2,1-4H3/t14-,15-,16-,17+,19-,20+/m0/s1. The van der Waals surface area contributed by atoms with Crippen molar-refractivity contribution in [2.45, 2.75) is 85.5 Å². The zero-order chi connectivity index (χ0) is 14.2. The molecule has 0 unspecified atom stereocenters. The summed E-state index contributed by atoms with van der Waals surface area (Å²) in [6.07, 6.45) is 13.9. The molecule has 0 heteroatoms. The van der Waals surface area contributed by atoms with Crippen molar-refractivity contribution >= 4 is 0 Å². The Bertz CT molecular complexity index is 404. The van der Waals surface area contributed by atoms with E-state index in [-0.39, 0.29) is 0 Å². The summed E-state index contributed by atoms with van der Waals surface area (Å²) in [6.45, 7) is 10.4. The molecule has 0 aromatic heterocycles. The second-order valence-corrected chi connectivity index (χ2v) is 10.1. The van der Waals surface area contributed by atoms with E-state index in [1.807, 2.05) is 0 Å². The van der Waals surface area contributed by atoms with Gasteiger partial charge >= 0.3 is 0 Å². The zero-order valence-corrected chi connectivity index (χ0v) is 14.2. The van der Waals surface area contributed by atoms with Crippen LogP contribution in [0.3, 0.4) is 0 Å². The Balaban J connectivity index is 1.72. The van der Waals surface area contributed by atoms with Crippen LogP contribution in [0.25, 0.3) is 0 Å². The van der Waals surface area contributed by atoms with Gasteiger partial charge in [-0.05, 0) is 91.3 Å². The highest BCUT2D eigenvalue weighted by atomic mass is 14.7. The van der Waals surface area contributed by atoms with Crippen molar-refractivity contribution in [2.75, 3.05) is 0 Å². The van der Waals surface area contributed by atoms with Crippen LogP contribution in [0.4, 0.5) is 0 Å². The van der Waals surface area contributed by atoms with Crippen LogP contribution in [0.5, 0.6) is 0 Å². The normalized spacial score (nSPS) is 57.0. The summed E-state index contributed by atoms with van der Waals surface area (Å²) in [6, 6.07) is 0. The molecule has 6 atom stereocenters. The Morgan fingerprint density at radius 1 is 0.800 bits per heavy atom. The topological polar surface area (TPSA) is 0 Å². The molecule has 2 bridgehead atoms. The molecule has 20 heavy (non-hydrogen) atoms.